The predicted octanol–water partition coefficient (Wildman–Crippen LogP) is 19.8. The van der Waals surface area contributed by atoms with E-state index in [1.54, 1.807) is 0 Å². The number of hydrogen-bond acceptors (Lipinski definition) is 0. The van der Waals surface area contributed by atoms with Crippen LogP contribution in [0.2, 0.25) is 0 Å². The summed E-state index contributed by atoms with van der Waals surface area (Å²) in [6.45, 7) is 17.5. The van der Waals surface area contributed by atoms with Crippen LogP contribution in [0.25, 0.3) is 43.1 Å². The highest BCUT2D eigenvalue weighted by Gasteiger charge is 2.07. The lowest BCUT2D eigenvalue weighted by atomic mass is 10.00. The Morgan fingerprint density at radius 3 is 0.575 bits per heavy atom. The average molecular weight is 1040 g/mol. The van der Waals surface area contributed by atoms with E-state index in [4.69, 9.17) is 0 Å². The number of fused-ring (bicyclic) bond motifs is 6. The van der Waals surface area contributed by atoms with Gasteiger partial charge in [-0.1, -0.05) is 250 Å². The molecule has 0 N–H and O–H groups in total. The maximum atomic E-state index is 3.68. The highest BCUT2D eigenvalue weighted by Crippen LogP contribution is 2.24. The first-order chi connectivity index (χ1) is 39.4. The molecule has 0 aliphatic heterocycles. The molecule has 80 heavy (non-hydrogen) atoms. The minimum absolute atomic E-state index is 0.729. The van der Waals surface area contributed by atoms with Crippen molar-refractivity contribution in [1.29, 1.82) is 0 Å². The lowest BCUT2D eigenvalue weighted by Crippen LogP contribution is -1.85. The van der Waals surface area contributed by atoms with Crippen molar-refractivity contribution in [2.75, 3.05) is 0 Å². The first-order valence-electron chi connectivity index (χ1n) is 30.1. The predicted molar refractivity (Wildman–Crippen MR) is 342 cm³/mol. The molecule has 0 radical (unpaired) electrons. The molecule has 400 valence electrons. The summed E-state index contributed by atoms with van der Waals surface area (Å²) in [5.74, 6) is 56.0. The monoisotopic (exact) mass is 1040 g/mol. The molecule has 0 nitrogen and oxygen atoms in total. The molecule has 5 rings (SSSR count). The molecule has 0 atom stereocenters. The Kier molecular flexibility index (Phi) is 29.2. The minimum atomic E-state index is 0.729. The molecule has 0 amide bonds. The SMILES string of the molecule is CCCCC#Cc1cc(C#CCCCC)c2c#cc3c(C#CCCCC)ccc(C#CCCCC)c3c#cc3cc(c#cc4c(C#CCCCC)ccc(C#CCCCC)c4c#cc1c2)c(C#CCCCC)cc3C#CCCCC. The van der Waals surface area contributed by atoms with Gasteiger partial charge in [0.1, 0.15) is 0 Å². The third-order valence-corrected chi connectivity index (χ3v) is 13.0. The summed E-state index contributed by atoms with van der Waals surface area (Å²) >= 11 is 0. The molecule has 0 aromatic heterocycles. The van der Waals surface area contributed by atoms with Crippen LogP contribution in [0.3, 0.4) is 0 Å². The Hall–Kier alpha value is -8.40. The molecule has 0 unspecified atom stereocenters. The second kappa shape index (κ2) is 37.4. The summed E-state index contributed by atoms with van der Waals surface area (Å²) in [4.78, 5) is 0. The van der Waals surface area contributed by atoms with Crippen molar-refractivity contribution in [3.05, 3.63) is 142 Å². The third kappa shape index (κ3) is 20.8. The van der Waals surface area contributed by atoms with Gasteiger partial charge in [0.05, 0.1) is 21.5 Å². The van der Waals surface area contributed by atoms with E-state index < -0.39 is 0 Å². The van der Waals surface area contributed by atoms with E-state index in [1.165, 1.54) is 0 Å². The first kappa shape index (κ1) is 62.4. The Bertz CT molecular complexity index is 3120. The first-order valence-corrected chi connectivity index (χ1v) is 30.1. The fourth-order valence-electron chi connectivity index (χ4n) is 8.07. The molecule has 0 heteroatoms. The summed E-state index contributed by atoms with van der Waals surface area (Å²) in [5.41, 5.74) is 6.46. The van der Waals surface area contributed by atoms with Crippen molar-refractivity contribution in [1.82, 2.24) is 0 Å². The van der Waals surface area contributed by atoms with Crippen LogP contribution in [0.5, 0.6) is 0 Å². The largest absolute Gasteiger partial charge is 0.0978 e. The standard InChI is InChI=1S/C80H80/c1-9-17-25-33-41-65-49-50-66(42-34-26-18-10-2)78-58-54-74-64-76(72(48-40-32-24-16-8)62-70(74)46-38-30-22-14-6)56-60-80-68(44-36-28-20-12-4)52-51-67(43-35-27-19-11-3)79(80)59-55-75-63-73(53-57-77(65)78)69(45-37-29-21-13-5)61-71(75)47-39-31-23-15-7/h49-52,61-64H,9-32H2,1-8H3. The van der Waals surface area contributed by atoms with E-state index >= 15 is 0 Å². The van der Waals surface area contributed by atoms with Crippen LogP contribution in [-0.2, 0) is 0 Å². The van der Waals surface area contributed by atoms with Gasteiger partial charge < -0.3 is 0 Å². The van der Waals surface area contributed by atoms with Crippen LogP contribution in [0.1, 0.15) is 254 Å². The maximum absolute atomic E-state index is 3.68. The number of unbranched alkanes of at least 4 members (excludes halogenated alkanes) is 16. The zero-order chi connectivity index (χ0) is 56.8. The molecule has 0 fully saturated rings. The van der Waals surface area contributed by atoms with E-state index in [0.717, 1.165) is 242 Å². The van der Waals surface area contributed by atoms with Crippen LogP contribution in [-0.4, -0.2) is 0 Å². The molecular formula is C80H80. The number of benzene rings is 4. The molecule has 5 aromatic carbocycles. The van der Waals surface area contributed by atoms with Gasteiger partial charge >= 0.3 is 0 Å². The van der Waals surface area contributed by atoms with Gasteiger partial charge in [0, 0.05) is 117 Å². The molecule has 4 bridgehead atoms. The van der Waals surface area contributed by atoms with E-state index in [0.29, 0.717) is 0 Å². The van der Waals surface area contributed by atoms with Gasteiger partial charge in [0.15, 0.2) is 0 Å². The van der Waals surface area contributed by atoms with E-state index in [1.807, 2.05) is 0 Å². The van der Waals surface area contributed by atoms with Gasteiger partial charge in [-0.05, 0) is 99.9 Å². The van der Waals surface area contributed by atoms with E-state index in [9.17, 15) is 0 Å². The van der Waals surface area contributed by atoms with Gasteiger partial charge in [-0.3, -0.25) is 0 Å². The molecular weight excluding hydrogens is 961 g/mol. The van der Waals surface area contributed by atoms with Crippen molar-refractivity contribution >= 4 is 43.1 Å². The van der Waals surface area contributed by atoms with Gasteiger partial charge in [-0.2, -0.15) is 0 Å². The second-order valence-corrected chi connectivity index (χ2v) is 20.0. The van der Waals surface area contributed by atoms with Gasteiger partial charge in [-0.15, -0.1) is 0 Å². The molecule has 0 aliphatic carbocycles. The van der Waals surface area contributed by atoms with E-state index in [2.05, 4.69) is 247 Å². The Morgan fingerprint density at radius 2 is 0.400 bits per heavy atom. The topological polar surface area (TPSA) is 0 Å². The van der Waals surface area contributed by atoms with Crippen LogP contribution in [0, 0.1) is 143 Å². The highest BCUT2D eigenvalue weighted by atomic mass is 14.1. The van der Waals surface area contributed by atoms with Gasteiger partial charge in [0.25, 0.3) is 0 Å². The van der Waals surface area contributed by atoms with Crippen molar-refractivity contribution in [3.63, 3.8) is 0 Å². The lowest BCUT2D eigenvalue weighted by Gasteiger charge is -2.01. The summed E-state index contributed by atoms with van der Waals surface area (Å²) < 4.78 is 0. The van der Waals surface area contributed by atoms with Crippen molar-refractivity contribution in [2.45, 2.75) is 209 Å². The number of hydrogen-bond donors (Lipinski definition) is 0. The fraction of sp³-hybridized carbons (Fsp3) is 0.400. The molecule has 5 aromatic rings. The summed E-state index contributed by atoms with van der Waals surface area (Å²) in [7, 11) is 0. The number of rotatable bonds is 16. The fourth-order valence-corrected chi connectivity index (χ4v) is 8.07. The maximum Gasteiger partial charge on any atom is 0.0575 e. The zero-order valence-corrected chi connectivity index (χ0v) is 49.6. The molecule has 0 saturated heterocycles. The van der Waals surface area contributed by atoms with Crippen LogP contribution in [0.4, 0.5) is 0 Å². The van der Waals surface area contributed by atoms with Crippen molar-refractivity contribution in [3.8, 4) is 94.7 Å². The van der Waals surface area contributed by atoms with Gasteiger partial charge in [-0.25, -0.2) is 0 Å². The minimum Gasteiger partial charge on any atom is -0.0978 e. The summed E-state index contributed by atoms with van der Waals surface area (Å²) in [6, 6.07) is 45.9. The Morgan fingerprint density at radius 1 is 0.225 bits per heavy atom. The average Bonchev–Trinajstić information content (AvgIpc) is 3.48. The van der Waals surface area contributed by atoms with Gasteiger partial charge in [0.2, 0.25) is 0 Å². The lowest BCUT2D eigenvalue weighted by molar-refractivity contribution is 0.828. The second-order valence-electron chi connectivity index (χ2n) is 20.0. The van der Waals surface area contributed by atoms with Crippen LogP contribution < -0.4 is 0 Å². The smallest absolute Gasteiger partial charge is 0.0575 e. The molecule has 0 aliphatic rings. The molecule has 0 saturated carbocycles. The zero-order valence-electron chi connectivity index (χ0n) is 49.6. The highest BCUT2D eigenvalue weighted by molar-refractivity contribution is 5.92. The quantitative estimate of drug-likeness (QED) is 0.0682. The summed E-state index contributed by atoms with van der Waals surface area (Å²) in [5, 5.41) is 5.92. The van der Waals surface area contributed by atoms with E-state index in [-0.39, 0.29) is 0 Å². The summed E-state index contributed by atoms with van der Waals surface area (Å²) in [6.07, 6.45) is 22.8. The third-order valence-electron chi connectivity index (χ3n) is 13.0. The van der Waals surface area contributed by atoms with Crippen LogP contribution in [0.15, 0.2) is 48.5 Å². The molecule has 0 heterocycles. The van der Waals surface area contributed by atoms with Crippen molar-refractivity contribution < 1.29 is 0 Å². The Balaban J connectivity index is 2.22. The molecule has 0 spiro atoms. The Labute approximate surface area is 486 Å². The van der Waals surface area contributed by atoms with Crippen molar-refractivity contribution in [2.24, 2.45) is 0 Å². The van der Waals surface area contributed by atoms with Crippen LogP contribution >= 0.6 is 0 Å². The normalized spacial score (nSPS) is 9.50.